The lowest BCUT2D eigenvalue weighted by Gasteiger charge is -2.43. The molecule has 0 radical (unpaired) electrons. The Morgan fingerprint density at radius 1 is 1.30 bits per heavy atom. The van der Waals surface area contributed by atoms with Gasteiger partial charge in [-0.15, -0.1) is 11.8 Å². The number of morpholine rings is 1. The molecule has 3 heterocycles. The molecule has 1 aromatic carbocycles. The Morgan fingerprint density at radius 2 is 2.07 bits per heavy atom. The zero-order chi connectivity index (χ0) is 19.2. The molecule has 0 spiro atoms. The van der Waals surface area contributed by atoms with E-state index in [-0.39, 0.29) is 23.5 Å². The van der Waals surface area contributed by atoms with E-state index in [9.17, 15) is 9.59 Å². The van der Waals surface area contributed by atoms with Crippen LogP contribution < -0.4 is 0 Å². The summed E-state index contributed by atoms with van der Waals surface area (Å²) in [6.45, 7) is 7.10. The van der Waals surface area contributed by atoms with Gasteiger partial charge in [0.15, 0.2) is 0 Å². The maximum Gasteiger partial charge on any atom is 0.257 e. The molecule has 1 N–H and O–H groups in total. The number of aromatic nitrogens is 1. The van der Waals surface area contributed by atoms with Crippen molar-refractivity contribution in [2.75, 3.05) is 24.7 Å². The van der Waals surface area contributed by atoms with Gasteiger partial charge in [-0.1, -0.05) is 18.2 Å². The van der Waals surface area contributed by atoms with Crippen LogP contribution in [0.5, 0.6) is 0 Å². The van der Waals surface area contributed by atoms with Crippen LogP contribution in [-0.2, 0) is 9.53 Å². The summed E-state index contributed by atoms with van der Waals surface area (Å²) in [5, 5.41) is 0.895. The monoisotopic (exact) mass is 387 g/mol. The number of carbonyl (C=O) groups is 2. The van der Waals surface area contributed by atoms with Crippen molar-refractivity contribution < 1.29 is 14.3 Å². The predicted molar refractivity (Wildman–Crippen MR) is 107 cm³/mol. The standard InChI is InChI=1S/C20H25N3O3S/c1-13-9-22(11-20(2,3)26-13)19(25)17-10-27-12-23(17)18(24)15-8-21-16-7-5-4-6-14(15)16/h4-8,13,17,21H,9-12H2,1-3H3. The highest BCUT2D eigenvalue weighted by molar-refractivity contribution is 7.99. The summed E-state index contributed by atoms with van der Waals surface area (Å²) in [7, 11) is 0. The molecule has 7 heteroatoms. The summed E-state index contributed by atoms with van der Waals surface area (Å²) >= 11 is 1.63. The molecule has 6 nitrogen and oxygen atoms in total. The number of fused-ring (bicyclic) bond motifs is 1. The summed E-state index contributed by atoms with van der Waals surface area (Å²) in [6, 6.07) is 7.32. The third kappa shape index (κ3) is 3.46. The summed E-state index contributed by atoms with van der Waals surface area (Å²) in [4.78, 5) is 33.2. The molecule has 27 heavy (non-hydrogen) atoms. The number of amides is 2. The lowest BCUT2D eigenvalue weighted by molar-refractivity contribution is -0.160. The lowest BCUT2D eigenvalue weighted by Crippen LogP contribution is -2.58. The van der Waals surface area contributed by atoms with E-state index in [1.54, 1.807) is 22.9 Å². The molecule has 0 saturated carbocycles. The van der Waals surface area contributed by atoms with Gasteiger partial charge < -0.3 is 19.5 Å². The van der Waals surface area contributed by atoms with Crippen molar-refractivity contribution in [2.45, 2.75) is 38.5 Å². The highest BCUT2D eigenvalue weighted by atomic mass is 32.2. The second-order valence-corrected chi connectivity index (χ2v) is 8.95. The molecule has 2 unspecified atom stereocenters. The number of thioether (sulfide) groups is 1. The molecule has 2 fully saturated rings. The Balaban J connectivity index is 1.57. The Kier molecular flexibility index (Phi) is 4.68. The van der Waals surface area contributed by atoms with Gasteiger partial charge in [-0.25, -0.2) is 0 Å². The van der Waals surface area contributed by atoms with Crippen molar-refractivity contribution in [3.8, 4) is 0 Å². The van der Waals surface area contributed by atoms with Crippen LogP contribution in [0.1, 0.15) is 31.1 Å². The Morgan fingerprint density at radius 3 is 2.85 bits per heavy atom. The number of hydrogen-bond donors (Lipinski definition) is 1. The molecule has 0 aliphatic carbocycles. The van der Waals surface area contributed by atoms with Crippen molar-refractivity contribution in [1.82, 2.24) is 14.8 Å². The normalized spacial score (nSPS) is 25.1. The van der Waals surface area contributed by atoms with Crippen molar-refractivity contribution in [3.05, 3.63) is 36.0 Å². The molecule has 2 aliphatic heterocycles. The first-order valence-electron chi connectivity index (χ1n) is 9.27. The summed E-state index contributed by atoms with van der Waals surface area (Å²) < 4.78 is 5.91. The second-order valence-electron chi connectivity index (χ2n) is 7.95. The van der Waals surface area contributed by atoms with E-state index >= 15 is 0 Å². The molecule has 1 aromatic heterocycles. The summed E-state index contributed by atoms with van der Waals surface area (Å²) in [5.74, 6) is 1.12. The minimum Gasteiger partial charge on any atom is -0.369 e. The van der Waals surface area contributed by atoms with Gasteiger partial charge in [0.25, 0.3) is 5.91 Å². The third-order valence-corrected chi connectivity index (χ3v) is 6.14. The minimum absolute atomic E-state index is 0.00970. The van der Waals surface area contributed by atoms with E-state index < -0.39 is 6.04 Å². The quantitative estimate of drug-likeness (QED) is 0.861. The number of benzene rings is 1. The van der Waals surface area contributed by atoms with Gasteiger partial charge in [0.05, 0.1) is 23.1 Å². The Bertz CT molecular complexity index is 878. The van der Waals surface area contributed by atoms with Gasteiger partial charge in [-0.3, -0.25) is 9.59 Å². The maximum absolute atomic E-state index is 13.2. The van der Waals surface area contributed by atoms with Gasteiger partial charge in [0.2, 0.25) is 5.91 Å². The van der Waals surface area contributed by atoms with Crippen molar-refractivity contribution >= 4 is 34.5 Å². The molecule has 2 atom stereocenters. The van der Waals surface area contributed by atoms with Crippen LogP contribution in [0.25, 0.3) is 10.9 Å². The zero-order valence-corrected chi connectivity index (χ0v) is 16.7. The molecule has 4 rings (SSSR count). The number of rotatable bonds is 2. The van der Waals surface area contributed by atoms with E-state index in [4.69, 9.17) is 4.74 Å². The fourth-order valence-electron chi connectivity index (χ4n) is 4.08. The van der Waals surface area contributed by atoms with E-state index in [2.05, 4.69) is 4.98 Å². The van der Waals surface area contributed by atoms with E-state index in [1.807, 2.05) is 49.9 Å². The molecule has 2 amide bonds. The average molecular weight is 388 g/mol. The Hall–Kier alpha value is -1.99. The highest BCUT2D eigenvalue weighted by Gasteiger charge is 2.41. The molecular weight excluding hydrogens is 362 g/mol. The van der Waals surface area contributed by atoms with Crippen LogP contribution in [0.15, 0.2) is 30.5 Å². The summed E-state index contributed by atoms with van der Waals surface area (Å²) in [5.41, 5.74) is 1.19. The fraction of sp³-hybridized carbons (Fsp3) is 0.500. The van der Waals surface area contributed by atoms with Crippen molar-refractivity contribution in [2.24, 2.45) is 0 Å². The molecule has 2 saturated heterocycles. The number of carbonyl (C=O) groups excluding carboxylic acids is 2. The lowest BCUT2D eigenvalue weighted by atomic mass is 10.0. The largest absolute Gasteiger partial charge is 0.369 e. The first kappa shape index (κ1) is 18.4. The molecule has 2 aromatic rings. The van der Waals surface area contributed by atoms with Crippen molar-refractivity contribution in [1.29, 1.82) is 0 Å². The van der Waals surface area contributed by atoms with Gasteiger partial charge in [0, 0.05) is 35.9 Å². The minimum atomic E-state index is -0.419. The van der Waals surface area contributed by atoms with Crippen LogP contribution in [0.3, 0.4) is 0 Å². The topological polar surface area (TPSA) is 65.6 Å². The van der Waals surface area contributed by atoms with Crippen LogP contribution in [0, 0.1) is 0 Å². The second kappa shape index (κ2) is 6.87. The Labute approximate surface area is 163 Å². The third-order valence-electron chi connectivity index (χ3n) is 5.13. The number of para-hydroxylation sites is 1. The average Bonchev–Trinajstić information content (AvgIpc) is 3.26. The molecule has 144 valence electrons. The number of nitrogens with one attached hydrogen (secondary N) is 1. The fourth-order valence-corrected chi connectivity index (χ4v) is 5.23. The molecular formula is C20H25N3O3S. The predicted octanol–water partition coefficient (Wildman–Crippen LogP) is 2.71. The summed E-state index contributed by atoms with van der Waals surface area (Å²) in [6.07, 6.45) is 1.74. The van der Waals surface area contributed by atoms with Gasteiger partial charge in [0.1, 0.15) is 6.04 Å². The highest BCUT2D eigenvalue weighted by Crippen LogP contribution is 2.29. The van der Waals surface area contributed by atoms with Crippen LogP contribution in [-0.4, -0.2) is 69.1 Å². The first-order chi connectivity index (χ1) is 12.9. The van der Waals surface area contributed by atoms with Crippen molar-refractivity contribution in [3.63, 3.8) is 0 Å². The smallest absolute Gasteiger partial charge is 0.257 e. The van der Waals surface area contributed by atoms with Gasteiger partial charge in [-0.05, 0) is 26.8 Å². The van der Waals surface area contributed by atoms with Crippen LogP contribution in [0.4, 0.5) is 0 Å². The van der Waals surface area contributed by atoms with Gasteiger partial charge >= 0.3 is 0 Å². The first-order valence-corrected chi connectivity index (χ1v) is 10.4. The molecule has 0 bridgehead atoms. The number of nitrogens with zero attached hydrogens (tertiary/aromatic N) is 2. The van der Waals surface area contributed by atoms with Crippen LogP contribution >= 0.6 is 11.8 Å². The molecule has 2 aliphatic rings. The number of hydrogen-bond acceptors (Lipinski definition) is 4. The number of ether oxygens (including phenoxy) is 1. The number of H-pyrrole nitrogens is 1. The number of aromatic amines is 1. The van der Waals surface area contributed by atoms with Gasteiger partial charge in [-0.2, -0.15) is 0 Å². The maximum atomic E-state index is 13.2. The van der Waals surface area contributed by atoms with E-state index in [1.165, 1.54) is 0 Å². The van der Waals surface area contributed by atoms with E-state index in [0.717, 1.165) is 10.9 Å². The van der Waals surface area contributed by atoms with Crippen LogP contribution in [0.2, 0.25) is 0 Å². The zero-order valence-electron chi connectivity index (χ0n) is 15.9. The van der Waals surface area contributed by atoms with E-state index in [0.29, 0.717) is 30.3 Å². The SMILES string of the molecule is CC1CN(C(=O)C2CSCN2C(=O)c2c[nH]c3ccccc23)CC(C)(C)O1.